The molecule has 214 valence electrons. The van der Waals surface area contributed by atoms with Gasteiger partial charge in [-0.1, -0.05) is 0 Å². The lowest BCUT2D eigenvalue weighted by Crippen LogP contribution is -2.55. The number of likely N-dealkylation sites (tertiary alicyclic amines) is 1. The van der Waals surface area contributed by atoms with Crippen LogP contribution in [-0.4, -0.2) is 86.7 Å². The van der Waals surface area contributed by atoms with Gasteiger partial charge in [0.15, 0.2) is 11.3 Å². The molecule has 2 aromatic heterocycles. The number of aromatic nitrogens is 4. The van der Waals surface area contributed by atoms with Gasteiger partial charge in [0.25, 0.3) is 11.5 Å². The summed E-state index contributed by atoms with van der Waals surface area (Å²) in [6.07, 6.45) is -9.86. The van der Waals surface area contributed by atoms with Gasteiger partial charge in [0, 0.05) is 38.4 Å². The van der Waals surface area contributed by atoms with E-state index >= 15 is 0 Å². The molecule has 0 saturated carbocycles. The lowest BCUT2D eigenvalue weighted by Gasteiger charge is -2.40. The van der Waals surface area contributed by atoms with Crippen LogP contribution in [0.1, 0.15) is 30.9 Å². The van der Waals surface area contributed by atoms with Crippen LogP contribution in [0, 0.1) is 0 Å². The van der Waals surface area contributed by atoms with E-state index in [1.165, 1.54) is 16.7 Å². The van der Waals surface area contributed by atoms with E-state index < -0.39 is 65.0 Å². The first-order valence-electron chi connectivity index (χ1n) is 11.8. The molecular formula is C22H24F6N6O5. The fourth-order valence-electron chi connectivity index (χ4n) is 4.50. The predicted molar refractivity (Wildman–Crippen MR) is 120 cm³/mol. The number of hydrogen-bond acceptors (Lipinski definition) is 9. The van der Waals surface area contributed by atoms with Crippen molar-refractivity contribution in [3.8, 4) is 5.75 Å². The van der Waals surface area contributed by atoms with Gasteiger partial charge >= 0.3 is 12.4 Å². The molecule has 2 aromatic rings. The minimum Gasteiger partial charge on any atom is -0.486 e. The minimum absolute atomic E-state index is 0.0119. The summed E-state index contributed by atoms with van der Waals surface area (Å²) < 4.78 is 88.6. The Labute approximate surface area is 216 Å². The summed E-state index contributed by atoms with van der Waals surface area (Å²) in [4.78, 5) is 34.9. The topological polar surface area (TPSA) is 134 Å². The Bertz CT molecular complexity index is 1220. The molecule has 17 heteroatoms. The number of carbonyl (C=O) groups is 1. The Kier molecular flexibility index (Phi) is 8.02. The summed E-state index contributed by atoms with van der Waals surface area (Å²) in [6.45, 7) is 1.66. The highest BCUT2D eigenvalue weighted by molar-refractivity contribution is 5.83. The van der Waals surface area contributed by atoms with Crippen LogP contribution in [0.2, 0.25) is 0 Å². The van der Waals surface area contributed by atoms with E-state index in [0.717, 1.165) is 6.20 Å². The van der Waals surface area contributed by atoms with Crippen LogP contribution >= 0.6 is 0 Å². The first-order chi connectivity index (χ1) is 18.3. The van der Waals surface area contributed by atoms with Crippen molar-refractivity contribution >= 4 is 11.9 Å². The van der Waals surface area contributed by atoms with Gasteiger partial charge in [-0.3, -0.25) is 9.59 Å². The number of β-amino-alcohol motifs (C(OH)–C–C–N with tert-alkyl or cyclic N) is 1. The Balaban J connectivity index is 1.30. The van der Waals surface area contributed by atoms with Gasteiger partial charge < -0.3 is 24.4 Å². The molecule has 1 amide bonds. The third-order valence-electron chi connectivity index (χ3n) is 6.35. The number of anilines is 1. The SMILES string of the molecule is CC(CO[C@@H]1CCN([C@@H]2CCN(c3ncc(C(F)(F)F)cn3)C[C@@H]2O)C1=O)Oc1cn[nH]c(=O)c1C(F)(F)F. The number of nitrogens with one attached hydrogen (secondary N) is 1. The second kappa shape index (κ2) is 11.0. The summed E-state index contributed by atoms with van der Waals surface area (Å²) >= 11 is 0. The molecule has 2 fully saturated rings. The first kappa shape index (κ1) is 28.5. The van der Waals surface area contributed by atoms with Crippen LogP contribution in [0.3, 0.4) is 0 Å². The molecule has 1 unspecified atom stereocenters. The average Bonchev–Trinajstić information content (AvgIpc) is 3.21. The van der Waals surface area contributed by atoms with E-state index in [1.54, 1.807) is 5.10 Å². The Morgan fingerprint density at radius 1 is 1.08 bits per heavy atom. The van der Waals surface area contributed by atoms with Crippen molar-refractivity contribution < 1.29 is 45.7 Å². The highest BCUT2D eigenvalue weighted by atomic mass is 19.4. The normalized spacial score (nSPS) is 23.3. The van der Waals surface area contributed by atoms with E-state index in [9.17, 15) is 41.0 Å². The number of H-pyrrole nitrogens is 1. The third-order valence-corrected chi connectivity index (χ3v) is 6.35. The van der Waals surface area contributed by atoms with E-state index in [-0.39, 0.29) is 38.6 Å². The van der Waals surface area contributed by atoms with Gasteiger partial charge in [-0.15, -0.1) is 0 Å². The van der Waals surface area contributed by atoms with Gasteiger partial charge in [-0.2, -0.15) is 31.4 Å². The number of aliphatic hydroxyl groups excluding tert-OH is 1. The standard InChI is InChI=1S/C22H24F6N6O5/c1-11(39-16-8-31-32-18(36)17(16)22(26,27)28)10-38-15-3-5-34(19(15)37)13-2-4-33(9-14(13)35)20-29-6-12(7-30-20)21(23,24)25/h6-8,11,13-15,35H,2-5,9-10H2,1H3,(H,32,36)/t11?,13-,14+,15-/m1/s1. The fourth-order valence-corrected chi connectivity index (χ4v) is 4.50. The zero-order chi connectivity index (χ0) is 28.5. The number of piperidine rings is 1. The van der Waals surface area contributed by atoms with Crippen LogP contribution in [0.15, 0.2) is 23.4 Å². The predicted octanol–water partition coefficient (Wildman–Crippen LogP) is 1.62. The molecule has 11 nitrogen and oxygen atoms in total. The molecule has 0 bridgehead atoms. The van der Waals surface area contributed by atoms with Gasteiger partial charge in [0.05, 0.1) is 30.5 Å². The average molecular weight is 566 g/mol. The van der Waals surface area contributed by atoms with Crippen molar-refractivity contribution in [2.75, 3.05) is 31.1 Å². The van der Waals surface area contributed by atoms with Crippen LogP contribution in [-0.2, 0) is 21.9 Å². The van der Waals surface area contributed by atoms with Crippen molar-refractivity contribution in [1.82, 2.24) is 25.1 Å². The van der Waals surface area contributed by atoms with Crippen molar-refractivity contribution in [3.63, 3.8) is 0 Å². The number of rotatable bonds is 7. The first-order valence-corrected chi connectivity index (χ1v) is 11.8. The quantitative estimate of drug-likeness (QED) is 0.480. The molecule has 2 N–H and O–H groups in total. The molecule has 4 rings (SSSR count). The second-order valence-corrected chi connectivity index (χ2v) is 9.15. The van der Waals surface area contributed by atoms with Crippen LogP contribution < -0.4 is 15.2 Å². The monoisotopic (exact) mass is 566 g/mol. The van der Waals surface area contributed by atoms with Gasteiger partial charge in [-0.25, -0.2) is 15.1 Å². The lowest BCUT2D eigenvalue weighted by atomic mass is 10.0. The number of aliphatic hydroxyl groups is 1. The van der Waals surface area contributed by atoms with Gasteiger partial charge in [-0.05, 0) is 13.3 Å². The van der Waals surface area contributed by atoms with Gasteiger partial charge in [0.2, 0.25) is 5.95 Å². The maximum absolute atomic E-state index is 13.2. The second-order valence-electron chi connectivity index (χ2n) is 9.15. The summed E-state index contributed by atoms with van der Waals surface area (Å²) in [5.41, 5.74) is -3.98. The summed E-state index contributed by atoms with van der Waals surface area (Å²) in [7, 11) is 0. The highest BCUT2D eigenvalue weighted by Gasteiger charge is 2.42. The van der Waals surface area contributed by atoms with E-state index in [4.69, 9.17) is 9.47 Å². The minimum atomic E-state index is -4.97. The molecule has 0 radical (unpaired) electrons. The lowest BCUT2D eigenvalue weighted by molar-refractivity contribution is -0.143. The molecule has 2 aliphatic heterocycles. The number of ether oxygens (including phenoxy) is 2. The number of nitrogens with zero attached hydrogens (tertiary/aromatic N) is 5. The molecule has 2 aliphatic rings. The maximum atomic E-state index is 13.2. The van der Waals surface area contributed by atoms with Crippen molar-refractivity contribution in [2.45, 2.75) is 56.5 Å². The van der Waals surface area contributed by atoms with Crippen LogP contribution in [0.25, 0.3) is 0 Å². The molecule has 4 atom stereocenters. The maximum Gasteiger partial charge on any atom is 0.425 e. The Hall–Kier alpha value is -3.47. The third kappa shape index (κ3) is 6.41. The fraction of sp³-hybridized carbons (Fsp3) is 0.591. The largest absolute Gasteiger partial charge is 0.486 e. The summed E-state index contributed by atoms with van der Waals surface area (Å²) in [6, 6.07) is -0.582. The van der Waals surface area contributed by atoms with E-state index in [2.05, 4.69) is 15.1 Å². The number of aromatic amines is 1. The Morgan fingerprint density at radius 3 is 2.38 bits per heavy atom. The smallest absolute Gasteiger partial charge is 0.425 e. The number of carbonyl (C=O) groups excluding carboxylic acids is 1. The molecule has 0 aromatic carbocycles. The molecule has 4 heterocycles. The van der Waals surface area contributed by atoms with Crippen molar-refractivity contribution in [3.05, 3.63) is 40.1 Å². The van der Waals surface area contributed by atoms with Crippen molar-refractivity contribution in [1.29, 1.82) is 0 Å². The summed E-state index contributed by atoms with van der Waals surface area (Å²) in [5.74, 6) is -1.17. The van der Waals surface area contributed by atoms with Gasteiger partial charge in [0.1, 0.15) is 12.2 Å². The Morgan fingerprint density at radius 2 is 1.77 bits per heavy atom. The number of hydrogen-bond donors (Lipinski definition) is 2. The van der Waals surface area contributed by atoms with E-state index in [1.807, 2.05) is 0 Å². The number of amides is 1. The number of halogens is 6. The molecule has 0 aliphatic carbocycles. The zero-order valence-corrected chi connectivity index (χ0v) is 20.4. The zero-order valence-electron chi connectivity index (χ0n) is 20.4. The molecule has 39 heavy (non-hydrogen) atoms. The number of alkyl halides is 6. The highest BCUT2D eigenvalue weighted by Crippen LogP contribution is 2.33. The van der Waals surface area contributed by atoms with Crippen molar-refractivity contribution in [2.24, 2.45) is 0 Å². The molecule has 2 saturated heterocycles. The van der Waals surface area contributed by atoms with E-state index in [0.29, 0.717) is 18.8 Å². The van der Waals surface area contributed by atoms with Crippen LogP contribution in [0.5, 0.6) is 5.75 Å². The van der Waals surface area contributed by atoms with Crippen LogP contribution in [0.4, 0.5) is 32.3 Å². The summed E-state index contributed by atoms with van der Waals surface area (Å²) in [5, 5.41) is 15.7. The molecule has 0 spiro atoms. The molecular weight excluding hydrogens is 542 g/mol.